The predicted octanol–water partition coefficient (Wildman–Crippen LogP) is 5.94. The van der Waals surface area contributed by atoms with Gasteiger partial charge in [-0.25, -0.2) is 8.42 Å². The van der Waals surface area contributed by atoms with Crippen LogP contribution >= 0.6 is 0 Å². The number of rotatable bonds is 6. The van der Waals surface area contributed by atoms with Crippen molar-refractivity contribution in [1.82, 2.24) is 0 Å². The average Bonchev–Trinajstić information content (AvgIpc) is 2.45. The van der Waals surface area contributed by atoms with Crippen LogP contribution in [0.3, 0.4) is 0 Å². The van der Waals surface area contributed by atoms with E-state index in [1.807, 2.05) is 27.7 Å². The predicted molar refractivity (Wildman–Crippen MR) is 113 cm³/mol. The lowest BCUT2D eigenvalue weighted by Gasteiger charge is -2.11. The molecule has 4 heteroatoms. The number of ketones is 1. The minimum atomic E-state index is -2.81. The summed E-state index contributed by atoms with van der Waals surface area (Å²) in [5, 5.41) is -0.477. The number of hydrogen-bond acceptors (Lipinski definition) is 3. The smallest absolute Gasteiger partial charge is 0.154 e. The summed E-state index contributed by atoms with van der Waals surface area (Å²) in [5.74, 6) is 2.06. The van der Waals surface area contributed by atoms with Crippen molar-refractivity contribution in [2.75, 3.05) is 0 Å². The zero-order valence-electron chi connectivity index (χ0n) is 18.8. The molecule has 0 rings (SSSR count). The summed E-state index contributed by atoms with van der Waals surface area (Å²) in [5.41, 5.74) is 1.35. The molecule has 0 heterocycles. The molecular formula is C21H44O3S. The molecule has 3 nitrogen and oxygen atoms in total. The number of sulfone groups is 1. The highest BCUT2D eigenvalue weighted by Crippen LogP contribution is 2.15. The van der Waals surface area contributed by atoms with Gasteiger partial charge in [-0.2, -0.15) is 0 Å². The minimum Gasteiger partial charge on any atom is -0.299 e. The zero-order chi connectivity index (χ0) is 21.1. The molecule has 0 saturated heterocycles. The second-order valence-electron chi connectivity index (χ2n) is 8.28. The summed E-state index contributed by atoms with van der Waals surface area (Å²) in [6.07, 6.45) is 0. The molecule has 25 heavy (non-hydrogen) atoms. The van der Waals surface area contributed by atoms with Gasteiger partial charge in [-0.05, 0) is 39.5 Å². The molecule has 0 aromatic rings. The van der Waals surface area contributed by atoms with Gasteiger partial charge in [-0.3, -0.25) is 4.79 Å². The van der Waals surface area contributed by atoms with Crippen LogP contribution in [0, 0.1) is 23.7 Å². The Morgan fingerprint density at radius 2 is 0.840 bits per heavy atom. The standard InChI is InChI=1S/C8H16.C7H14O.C6H14O2S/c1-6(2)8(5)7(3)4;1-5(2)7(8)6(3)4;1-5(2)9(7,8)6(3)4/h6-7H,5H2,1-4H3;5-6H,1-4H3;5-6H,1-4H3. The van der Waals surface area contributed by atoms with E-state index < -0.39 is 9.84 Å². The van der Waals surface area contributed by atoms with E-state index in [-0.39, 0.29) is 22.3 Å². The highest BCUT2D eigenvalue weighted by atomic mass is 32.2. The maximum atomic E-state index is 11.0. The third-order valence-corrected chi connectivity index (χ3v) is 6.56. The molecule has 0 amide bonds. The second-order valence-corrected chi connectivity index (χ2v) is 11.3. The fourth-order valence-corrected chi connectivity index (χ4v) is 2.97. The number of carbonyl (C=O) groups excluding carboxylic acids is 1. The van der Waals surface area contributed by atoms with E-state index in [1.165, 1.54) is 5.57 Å². The van der Waals surface area contributed by atoms with E-state index in [4.69, 9.17) is 0 Å². The van der Waals surface area contributed by atoms with Crippen LogP contribution < -0.4 is 0 Å². The van der Waals surface area contributed by atoms with E-state index in [0.717, 1.165) is 0 Å². The fourth-order valence-electron chi connectivity index (χ4n) is 1.88. The van der Waals surface area contributed by atoms with E-state index in [1.54, 1.807) is 27.7 Å². The summed E-state index contributed by atoms with van der Waals surface area (Å²) in [7, 11) is -2.81. The summed E-state index contributed by atoms with van der Waals surface area (Å²) in [6, 6.07) is 0. The lowest BCUT2D eigenvalue weighted by atomic mass is 9.95. The van der Waals surface area contributed by atoms with Crippen LogP contribution in [0.5, 0.6) is 0 Å². The quantitative estimate of drug-likeness (QED) is 0.539. The molecule has 0 aliphatic heterocycles. The molecule has 0 bridgehead atoms. The van der Waals surface area contributed by atoms with Crippen LogP contribution in [0.15, 0.2) is 12.2 Å². The maximum Gasteiger partial charge on any atom is 0.154 e. The first kappa shape index (κ1) is 29.1. The van der Waals surface area contributed by atoms with E-state index in [2.05, 4.69) is 34.3 Å². The Hall–Kier alpha value is -0.640. The number of allylic oxidation sites excluding steroid dienone is 1. The summed E-state index contributed by atoms with van der Waals surface area (Å²) in [4.78, 5) is 10.8. The van der Waals surface area contributed by atoms with E-state index in [0.29, 0.717) is 17.6 Å². The topological polar surface area (TPSA) is 51.2 Å². The van der Waals surface area contributed by atoms with Crippen LogP contribution in [0.2, 0.25) is 0 Å². The van der Waals surface area contributed by atoms with Crippen LogP contribution in [-0.2, 0) is 14.6 Å². The van der Waals surface area contributed by atoms with Crippen molar-refractivity contribution in [1.29, 1.82) is 0 Å². The Kier molecular flexibility index (Phi) is 15.8. The summed E-state index contributed by atoms with van der Waals surface area (Å²) >= 11 is 0. The molecule has 0 aliphatic rings. The number of carbonyl (C=O) groups is 1. The van der Waals surface area contributed by atoms with Crippen molar-refractivity contribution in [2.45, 2.75) is 93.6 Å². The highest BCUT2D eigenvalue weighted by Gasteiger charge is 2.19. The van der Waals surface area contributed by atoms with Crippen molar-refractivity contribution in [3.63, 3.8) is 0 Å². The van der Waals surface area contributed by atoms with Gasteiger partial charge in [-0.15, -0.1) is 0 Å². The Balaban J connectivity index is -0.000000291. The molecule has 152 valence electrons. The molecule has 0 aromatic heterocycles. The highest BCUT2D eigenvalue weighted by molar-refractivity contribution is 7.92. The first-order valence-corrected chi connectivity index (χ1v) is 11.1. The van der Waals surface area contributed by atoms with Crippen LogP contribution in [-0.4, -0.2) is 24.7 Å². The SMILES string of the molecule is C=C(C(C)C)C(C)C.CC(C)C(=O)C(C)C.CC(C)S(=O)(=O)C(C)C. The molecule has 0 aliphatic carbocycles. The summed E-state index contributed by atoms with van der Waals surface area (Å²) in [6.45, 7) is 27.2. The van der Waals surface area contributed by atoms with Gasteiger partial charge >= 0.3 is 0 Å². The van der Waals surface area contributed by atoms with Gasteiger partial charge in [0.05, 0.1) is 10.5 Å². The van der Waals surface area contributed by atoms with Crippen molar-refractivity contribution < 1.29 is 13.2 Å². The van der Waals surface area contributed by atoms with Crippen LogP contribution in [0.25, 0.3) is 0 Å². The first-order valence-electron chi connectivity index (χ1n) is 9.45. The van der Waals surface area contributed by atoms with Gasteiger partial charge < -0.3 is 0 Å². The Morgan fingerprint density at radius 3 is 0.840 bits per heavy atom. The lowest BCUT2D eigenvalue weighted by molar-refractivity contribution is -0.124. The normalized spacial score (nSPS) is 11.6. The molecule has 0 saturated carbocycles. The van der Waals surface area contributed by atoms with Crippen molar-refractivity contribution >= 4 is 15.6 Å². The molecule has 0 spiro atoms. The van der Waals surface area contributed by atoms with Crippen LogP contribution in [0.1, 0.15) is 83.1 Å². The fraction of sp³-hybridized carbons (Fsp3) is 0.857. The number of hydrogen-bond donors (Lipinski definition) is 0. The molecule has 0 unspecified atom stereocenters. The average molecular weight is 377 g/mol. The van der Waals surface area contributed by atoms with Crippen molar-refractivity contribution in [2.24, 2.45) is 23.7 Å². The third-order valence-electron chi connectivity index (χ3n) is 3.94. The van der Waals surface area contributed by atoms with Gasteiger partial charge in [0.25, 0.3) is 0 Å². The van der Waals surface area contributed by atoms with Gasteiger partial charge in [0.15, 0.2) is 9.84 Å². The Bertz CT molecular complexity index is 409. The maximum absolute atomic E-state index is 11.0. The minimum absolute atomic E-state index is 0.204. The van der Waals surface area contributed by atoms with Crippen molar-refractivity contribution in [3.05, 3.63) is 12.2 Å². The van der Waals surface area contributed by atoms with Crippen LogP contribution in [0.4, 0.5) is 0 Å². The second kappa shape index (κ2) is 13.5. The zero-order valence-corrected chi connectivity index (χ0v) is 19.6. The Morgan fingerprint density at radius 1 is 0.600 bits per heavy atom. The van der Waals surface area contributed by atoms with E-state index in [9.17, 15) is 13.2 Å². The molecule has 0 atom stereocenters. The van der Waals surface area contributed by atoms with Gasteiger partial charge in [0.2, 0.25) is 0 Å². The largest absolute Gasteiger partial charge is 0.299 e. The summed E-state index contributed by atoms with van der Waals surface area (Å²) < 4.78 is 22.1. The monoisotopic (exact) mass is 376 g/mol. The number of Topliss-reactive ketones (excluding diaryl/α,β-unsaturated/α-hetero) is 1. The lowest BCUT2D eigenvalue weighted by Crippen LogP contribution is -2.23. The first-order chi connectivity index (χ1) is 11.0. The molecule has 0 radical (unpaired) electrons. The van der Waals surface area contributed by atoms with Gasteiger partial charge in [0, 0.05) is 11.8 Å². The van der Waals surface area contributed by atoms with Gasteiger partial charge in [-0.1, -0.05) is 67.5 Å². The molecule has 0 N–H and O–H groups in total. The van der Waals surface area contributed by atoms with Crippen molar-refractivity contribution in [3.8, 4) is 0 Å². The molecule has 0 fully saturated rings. The Labute approximate surface area is 158 Å². The van der Waals surface area contributed by atoms with E-state index >= 15 is 0 Å². The molecular weight excluding hydrogens is 332 g/mol. The molecule has 0 aromatic carbocycles. The van der Waals surface area contributed by atoms with Gasteiger partial charge in [0.1, 0.15) is 5.78 Å². The third kappa shape index (κ3) is 14.2.